The van der Waals surface area contributed by atoms with E-state index in [1.165, 1.54) is 0 Å². The highest BCUT2D eigenvalue weighted by atomic mass is 16.4. The molecule has 0 aliphatic carbocycles. The number of hydrogen-bond donors (Lipinski definition) is 2. The molecule has 1 aromatic rings. The number of aliphatic carboxylic acids is 1. The van der Waals surface area contributed by atoms with Gasteiger partial charge in [-0.3, -0.25) is 14.3 Å². The fraction of sp³-hybridized carbons (Fsp3) is 0.667. The summed E-state index contributed by atoms with van der Waals surface area (Å²) in [6.45, 7) is 7.59. The fourth-order valence-corrected chi connectivity index (χ4v) is 2.58. The number of hydrogen-bond acceptors (Lipinski definition) is 3. The van der Waals surface area contributed by atoms with E-state index in [4.69, 9.17) is 5.11 Å². The number of aryl methyl sites for hydroxylation is 2. The minimum atomic E-state index is -0.896. The first-order valence-corrected chi connectivity index (χ1v) is 7.26. The van der Waals surface area contributed by atoms with Crippen LogP contribution in [0, 0.1) is 13.8 Å². The third-order valence-corrected chi connectivity index (χ3v) is 4.24. The Labute approximate surface area is 125 Å². The molecule has 2 N–H and O–H groups in total. The minimum absolute atomic E-state index is 0.0588. The zero-order valence-electron chi connectivity index (χ0n) is 13.5. The number of carbonyl (C=O) groups excluding carboxylic acids is 1. The quantitative estimate of drug-likeness (QED) is 0.802. The van der Waals surface area contributed by atoms with Gasteiger partial charge in [0, 0.05) is 23.8 Å². The van der Waals surface area contributed by atoms with Crippen molar-refractivity contribution in [1.82, 2.24) is 15.1 Å². The Kier molecular flexibility index (Phi) is 5.52. The maximum absolute atomic E-state index is 12.3. The van der Waals surface area contributed by atoms with Gasteiger partial charge in [0.25, 0.3) is 0 Å². The molecule has 1 rings (SSSR count). The van der Waals surface area contributed by atoms with E-state index in [-0.39, 0.29) is 18.7 Å². The zero-order valence-corrected chi connectivity index (χ0v) is 13.5. The molecule has 0 unspecified atom stereocenters. The van der Waals surface area contributed by atoms with Gasteiger partial charge in [0.15, 0.2) is 0 Å². The lowest BCUT2D eigenvalue weighted by Gasteiger charge is -2.31. The molecule has 118 valence electrons. The van der Waals surface area contributed by atoms with E-state index in [2.05, 4.69) is 10.4 Å². The zero-order chi connectivity index (χ0) is 16.2. The fourth-order valence-electron chi connectivity index (χ4n) is 2.58. The third kappa shape index (κ3) is 4.06. The maximum atomic E-state index is 12.3. The lowest BCUT2D eigenvalue weighted by molar-refractivity contribution is -0.139. The lowest BCUT2D eigenvalue weighted by atomic mass is 9.88. The van der Waals surface area contributed by atoms with E-state index in [0.717, 1.165) is 17.0 Å². The molecule has 0 saturated heterocycles. The van der Waals surface area contributed by atoms with E-state index in [9.17, 15) is 9.59 Å². The standard InChI is InChI=1S/C15H25N3O3/c1-6-15(7-2,9-14(20)21)16-13(19)8-12-10(3)17-18(5)11(12)4/h6-9H2,1-5H3,(H,16,19)(H,20,21). The summed E-state index contributed by atoms with van der Waals surface area (Å²) >= 11 is 0. The van der Waals surface area contributed by atoms with Crippen LogP contribution >= 0.6 is 0 Å². The molecule has 0 fully saturated rings. The molecule has 1 amide bonds. The molecular weight excluding hydrogens is 270 g/mol. The van der Waals surface area contributed by atoms with E-state index < -0.39 is 11.5 Å². The molecule has 0 saturated carbocycles. The van der Waals surface area contributed by atoms with Gasteiger partial charge in [0.2, 0.25) is 5.91 Å². The second-order valence-corrected chi connectivity index (χ2v) is 5.56. The number of carbonyl (C=O) groups is 2. The average molecular weight is 295 g/mol. The van der Waals surface area contributed by atoms with Crippen LogP contribution in [-0.2, 0) is 23.1 Å². The summed E-state index contributed by atoms with van der Waals surface area (Å²) in [5, 5.41) is 16.2. The van der Waals surface area contributed by atoms with Gasteiger partial charge in [-0.2, -0.15) is 5.10 Å². The number of carboxylic acid groups (broad SMARTS) is 1. The van der Waals surface area contributed by atoms with E-state index >= 15 is 0 Å². The third-order valence-electron chi connectivity index (χ3n) is 4.24. The Balaban J connectivity index is 2.86. The Morgan fingerprint density at radius 2 is 1.86 bits per heavy atom. The minimum Gasteiger partial charge on any atom is -0.481 e. The Morgan fingerprint density at radius 1 is 1.29 bits per heavy atom. The number of carboxylic acids is 1. The predicted molar refractivity (Wildman–Crippen MR) is 80.1 cm³/mol. The van der Waals surface area contributed by atoms with Crippen molar-refractivity contribution >= 4 is 11.9 Å². The SMILES string of the molecule is CCC(CC)(CC(=O)O)NC(=O)Cc1c(C)nn(C)c1C. The molecule has 1 aromatic heterocycles. The van der Waals surface area contributed by atoms with E-state index in [1.54, 1.807) is 4.68 Å². The van der Waals surface area contributed by atoms with Gasteiger partial charge in [-0.15, -0.1) is 0 Å². The van der Waals surface area contributed by atoms with Crippen LogP contribution < -0.4 is 5.32 Å². The second-order valence-electron chi connectivity index (χ2n) is 5.56. The molecular formula is C15H25N3O3. The van der Waals surface area contributed by atoms with Crippen LogP contribution in [-0.4, -0.2) is 32.3 Å². The van der Waals surface area contributed by atoms with Crippen LogP contribution in [0.5, 0.6) is 0 Å². The summed E-state index contributed by atoms with van der Waals surface area (Å²) in [7, 11) is 1.84. The number of rotatable bonds is 7. The Hall–Kier alpha value is -1.85. The molecule has 0 aliphatic heterocycles. The summed E-state index contributed by atoms with van der Waals surface area (Å²) in [5.74, 6) is -1.05. The molecule has 0 aromatic carbocycles. The van der Waals surface area contributed by atoms with Gasteiger partial charge in [0.05, 0.1) is 18.5 Å². The molecule has 6 heteroatoms. The van der Waals surface area contributed by atoms with E-state index in [0.29, 0.717) is 12.8 Å². The highest BCUT2D eigenvalue weighted by Gasteiger charge is 2.31. The maximum Gasteiger partial charge on any atom is 0.305 e. The van der Waals surface area contributed by atoms with Gasteiger partial charge < -0.3 is 10.4 Å². The second kappa shape index (κ2) is 6.74. The number of amides is 1. The Bertz CT molecular complexity index is 531. The first-order chi connectivity index (χ1) is 9.74. The van der Waals surface area contributed by atoms with Gasteiger partial charge >= 0.3 is 5.97 Å². The van der Waals surface area contributed by atoms with Crippen molar-refractivity contribution in [3.05, 3.63) is 17.0 Å². The molecule has 6 nitrogen and oxygen atoms in total. The first-order valence-electron chi connectivity index (χ1n) is 7.26. The summed E-state index contributed by atoms with van der Waals surface area (Å²) < 4.78 is 1.75. The summed E-state index contributed by atoms with van der Waals surface area (Å²) in [5.41, 5.74) is 2.03. The number of nitrogens with zero attached hydrogens (tertiary/aromatic N) is 2. The molecule has 0 aliphatic rings. The average Bonchev–Trinajstić information content (AvgIpc) is 2.64. The predicted octanol–water partition coefficient (Wildman–Crippen LogP) is 1.73. The van der Waals surface area contributed by atoms with Crippen molar-refractivity contribution < 1.29 is 14.7 Å². The van der Waals surface area contributed by atoms with Crippen molar-refractivity contribution in [2.45, 2.75) is 58.9 Å². The van der Waals surface area contributed by atoms with Gasteiger partial charge in [-0.25, -0.2) is 0 Å². The number of aromatic nitrogens is 2. The molecule has 1 heterocycles. The monoisotopic (exact) mass is 295 g/mol. The van der Waals surface area contributed by atoms with Crippen LogP contribution in [0.15, 0.2) is 0 Å². The first kappa shape index (κ1) is 17.2. The summed E-state index contributed by atoms with van der Waals surface area (Å²) in [4.78, 5) is 23.3. The molecule has 0 bridgehead atoms. The van der Waals surface area contributed by atoms with Gasteiger partial charge in [-0.1, -0.05) is 13.8 Å². The highest BCUT2D eigenvalue weighted by molar-refractivity contribution is 5.81. The molecule has 0 atom stereocenters. The lowest BCUT2D eigenvalue weighted by Crippen LogP contribution is -2.49. The van der Waals surface area contributed by atoms with Crippen molar-refractivity contribution in [2.75, 3.05) is 0 Å². The summed E-state index contributed by atoms with van der Waals surface area (Å²) in [6, 6.07) is 0. The van der Waals surface area contributed by atoms with Crippen molar-refractivity contribution in [1.29, 1.82) is 0 Å². The van der Waals surface area contributed by atoms with E-state index in [1.807, 2.05) is 34.7 Å². The van der Waals surface area contributed by atoms with Crippen molar-refractivity contribution in [3.8, 4) is 0 Å². The van der Waals surface area contributed by atoms with Crippen molar-refractivity contribution in [3.63, 3.8) is 0 Å². The Morgan fingerprint density at radius 3 is 2.24 bits per heavy atom. The number of nitrogens with one attached hydrogen (secondary N) is 1. The van der Waals surface area contributed by atoms with Gasteiger partial charge in [0.1, 0.15) is 0 Å². The molecule has 0 radical (unpaired) electrons. The van der Waals surface area contributed by atoms with Gasteiger partial charge in [-0.05, 0) is 26.7 Å². The molecule has 0 spiro atoms. The van der Waals surface area contributed by atoms with Crippen LogP contribution in [0.3, 0.4) is 0 Å². The smallest absolute Gasteiger partial charge is 0.305 e. The van der Waals surface area contributed by atoms with Crippen molar-refractivity contribution in [2.24, 2.45) is 7.05 Å². The van der Waals surface area contributed by atoms with Crippen LogP contribution in [0.1, 0.15) is 50.1 Å². The summed E-state index contributed by atoms with van der Waals surface area (Å²) in [6.07, 6.45) is 1.35. The normalized spacial score (nSPS) is 11.5. The topological polar surface area (TPSA) is 84.2 Å². The largest absolute Gasteiger partial charge is 0.481 e. The van der Waals surface area contributed by atoms with Crippen LogP contribution in [0.4, 0.5) is 0 Å². The highest BCUT2D eigenvalue weighted by Crippen LogP contribution is 2.21. The van der Waals surface area contributed by atoms with Crippen LogP contribution in [0.25, 0.3) is 0 Å². The van der Waals surface area contributed by atoms with Crippen LogP contribution in [0.2, 0.25) is 0 Å². The molecule has 21 heavy (non-hydrogen) atoms.